The van der Waals surface area contributed by atoms with Crippen molar-refractivity contribution in [2.24, 2.45) is 0 Å². The Morgan fingerprint density at radius 2 is 1.50 bits per heavy atom. The Kier molecular flexibility index (Phi) is 10.8. The second-order valence-corrected chi connectivity index (χ2v) is 6.75. The number of amides is 2. The van der Waals surface area contributed by atoms with E-state index < -0.39 is 35.8 Å². The first-order chi connectivity index (χ1) is 15.2. The molecular weight excluding hydrogens is 424 g/mol. The lowest BCUT2D eigenvalue weighted by Crippen LogP contribution is -2.52. The topological polar surface area (TPSA) is 149 Å². The van der Waals surface area contributed by atoms with Crippen LogP contribution in [0.25, 0.3) is 0 Å². The van der Waals surface area contributed by atoms with Crippen LogP contribution in [0.4, 0.5) is 0 Å². The summed E-state index contributed by atoms with van der Waals surface area (Å²) in [5.41, 5.74) is 0.103. The highest BCUT2D eigenvalue weighted by molar-refractivity contribution is 5.99. The van der Waals surface area contributed by atoms with Crippen molar-refractivity contribution in [3.8, 4) is 17.2 Å². The molecule has 0 unspecified atom stereocenters. The van der Waals surface area contributed by atoms with Crippen molar-refractivity contribution >= 4 is 23.8 Å². The maximum absolute atomic E-state index is 12.9. The van der Waals surface area contributed by atoms with Crippen molar-refractivity contribution in [3.63, 3.8) is 0 Å². The fourth-order valence-electron chi connectivity index (χ4n) is 2.94. The van der Waals surface area contributed by atoms with E-state index in [0.29, 0.717) is 12.8 Å². The number of hydrogen-bond donors (Lipinski definition) is 3. The number of methoxy groups -OCH3 is 4. The van der Waals surface area contributed by atoms with E-state index in [1.165, 1.54) is 40.6 Å². The van der Waals surface area contributed by atoms with Gasteiger partial charge in [-0.1, -0.05) is 13.3 Å². The highest BCUT2D eigenvalue weighted by atomic mass is 16.5. The maximum Gasteiger partial charge on any atom is 0.328 e. The van der Waals surface area contributed by atoms with Crippen LogP contribution in [0.15, 0.2) is 12.1 Å². The molecule has 0 aromatic heterocycles. The highest BCUT2D eigenvalue weighted by Crippen LogP contribution is 2.38. The highest BCUT2D eigenvalue weighted by Gasteiger charge is 2.28. The molecule has 0 spiro atoms. The Morgan fingerprint density at radius 3 is 1.94 bits per heavy atom. The largest absolute Gasteiger partial charge is 0.493 e. The number of ether oxygens (including phenoxy) is 4. The molecule has 178 valence electrons. The number of aliphatic carboxylic acids is 1. The van der Waals surface area contributed by atoms with Gasteiger partial charge in [-0.2, -0.15) is 0 Å². The quantitative estimate of drug-likeness (QED) is 0.373. The van der Waals surface area contributed by atoms with Gasteiger partial charge in [0.1, 0.15) is 12.1 Å². The van der Waals surface area contributed by atoms with Crippen molar-refractivity contribution in [1.82, 2.24) is 10.6 Å². The van der Waals surface area contributed by atoms with Gasteiger partial charge in [0.05, 0.1) is 28.4 Å². The zero-order chi connectivity index (χ0) is 24.3. The molecule has 3 N–H and O–H groups in total. The van der Waals surface area contributed by atoms with Crippen LogP contribution in [-0.4, -0.2) is 69.4 Å². The van der Waals surface area contributed by atoms with Crippen LogP contribution in [0, 0.1) is 0 Å². The van der Waals surface area contributed by atoms with E-state index in [0.717, 1.165) is 0 Å². The Morgan fingerprint density at radius 1 is 0.906 bits per heavy atom. The first kappa shape index (κ1) is 26.5. The molecule has 2 amide bonds. The molecule has 1 aromatic rings. The molecule has 0 aliphatic carbocycles. The lowest BCUT2D eigenvalue weighted by molar-refractivity contribution is -0.145. The summed E-state index contributed by atoms with van der Waals surface area (Å²) in [6, 6.07) is 0.679. The van der Waals surface area contributed by atoms with Crippen LogP contribution in [0.5, 0.6) is 17.2 Å². The molecule has 0 bridgehead atoms. The van der Waals surface area contributed by atoms with Crippen molar-refractivity contribution < 1.29 is 43.2 Å². The summed E-state index contributed by atoms with van der Waals surface area (Å²) in [5, 5.41) is 14.1. The molecule has 1 rings (SSSR count). The van der Waals surface area contributed by atoms with Gasteiger partial charge < -0.3 is 34.7 Å². The van der Waals surface area contributed by atoms with Gasteiger partial charge in [-0.15, -0.1) is 0 Å². The van der Waals surface area contributed by atoms with Crippen molar-refractivity contribution in [2.75, 3.05) is 28.4 Å². The number of carbonyl (C=O) groups is 4. The first-order valence-corrected chi connectivity index (χ1v) is 9.93. The molecule has 11 heteroatoms. The standard InChI is InChI=1S/C21H30N2O9/c1-6-7-14(21(28)32-5)23-20(27)13(8-9-17(24)25)22-19(26)12-10-15(29-2)18(31-4)16(11-12)30-3/h10-11,13-14H,6-9H2,1-5H3,(H,22,26)(H,23,27)(H,24,25)/t13-,14+/m1/s1. The number of benzene rings is 1. The Hall–Kier alpha value is -3.50. The van der Waals surface area contributed by atoms with Gasteiger partial charge in [-0.05, 0) is 25.0 Å². The lowest BCUT2D eigenvalue weighted by Gasteiger charge is -2.22. The van der Waals surface area contributed by atoms with Gasteiger partial charge in [0.2, 0.25) is 11.7 Å². The predicted molar refractivity (Wildman–Crippen MR) is 113 cm³/mol. The number of nitrogens with one attached hydrogen (secondary N) is 2. The van der Waals surface area contributed by atoms with Crippen molar-refractivity contribution in [3.05, 3.63) is 17.7 Å². The SMILES string of the molecule is CCC[C@H](NC(=O)[C@@H](CCC(=O)O)NC(=O)c1cc(OC)c(OC)c(OC)c1)C(=O)OC. The number of hydrogen-bond acceptors (Lipinski definition) is 8. The molecule has 0 radical (unpaired) electrons. The van der Waals surface area contributed by atoms with E-state index in [2.05, 4.69) is 10.6 Å². The van der Waals surface area contributed by atoms with Crippen LogP contribution in [0.3, 0.4) is 0 Å². The third-order valence-corrected chi connectivity index (χ3v) is 4.58. The number of carboxylic acid groups (broad SMARTS) is 1. The molecule has 0 fully saturated rings. The van der Waals surface area contributed by atoms with E-state index in [1.807, 2.05) is 6.92 Å². The summed E-state index contributed by atoms with van der Waals surface area (Å²) in [6.07, 6.45) is 0.365. The molecule has 0 aliphatic rings. The second kappa shape index (κ2) is 13.0. The minimum absolute atomic E-state index is 0.103. The zero-order valence-corrected chi connectivity index (χ0v) is 18.9. The molecule has 1 aromatic carbocycles. The molecule has 0 saturated heterocycles. The number of rotatable bonds is 13. The van der Waals surface area contributed by atoms with E-state index in [1.54, 1.807) is 0 Å². The van der Waals surface area contributed by atoms with Crippen LogP contribution >= 0.6 is 0 Å². The number of carboxylic acids is 1. The van der Waals surface area contributed by atoms with Crippen LogP contribution < -0.4 is 24.8 Å². The average molecular weight is 454 g/mol. The summed E-state index contributed by atoms with van der Waals surface area (Å²) in [4.78, 5) is 48.6. The van der Waals surface area contributed by atoms with E-state index in [4.69, 9.17) is 24.1 Å². The van der Waals surface area contributed by atoms with Crippen molar-refractivity contribution in [1.29, 1.82) is 0 Å². The Labute approximate surface area is 186 Å². The number of carbonyl (C=O) groups excluding carboxylic acids is 3. The summed E-state index contributed by atoms with van der Waals surface area (Å²) in [5.74, 6) is -2.38. The van der Waals surface area contributed by atoms with Crippen LogP contribution in [0.1, 0.15) is 43.0 Å². The van der Waals surface area contributed by atoms with Crippen molar-refractivity contribution in [2.45, 2.75) is 44.7 Å². The van der Waals surface area contributed by atoms with Gasteiger partial charge in [0.25, 0.3) is 5.91 Å². The normalized spacial score (nSPS) is 12.2. The Bertz CT molecular complexity index is 800. The first-order valence-electron chi connectivity index (χ1n) is 9.93. The minimum atomic E-state index is -1.21. The summed E-state index contributed by atoms with van der Waals surface area (Å²) < 4.78 is 20.4. The summed E-state index contributed by atoms with van der Waals surface area (Å²) in [7, 11) is 5.40. The van der Waals surface area contributed by atoms with E-state index >= 15 is 0 Å². The van der Waals surface area contributed by atoms with E-state index in [-0.39, 0.29) is 35.7 Å². The smallest absolute Gasteiger partial charge is 0.328 e. The van der Waals surface area contributed by atoms with Gasteiger partial charge >= 0.3 is 11.9 Å². The third kappa shape index (κ3) is 7.33. The van der Waals surface area contributed by atoms with Gasteiger partial charge in [0.15, 0.2) is 11.5 Å². The maximum atomic E-state index is 12.9. The minimum Gasteiger partial charge on any atom is -0.493 e. The molecule has 11 nitrogen and oxygen atoms in total. The zero-order valence-electron chi connectivity index (χ0n) is 18.9. The molecule has 0 heterocycles. The lowest BCUT2D eigenvalue weighted by atomic mass is 10.1. The number of esters is 1. The van der Waals surface area contributed by atoms with E-state index in [9.17, 15) is 19.2 Å². The fraction of sp³-hybridized carbons (Fsp3) is 0.524. The monoisotopic (exact) mass is 454 g/mol. The Balaban J connectivity index is 3.15. The van der Waals surface area contributed by atoms with Gasteiger partial charge in [0, 0.05) is 12.0 Å². The van der Waals surface area contributed by atoms with Gasteiger partial charge in [-0.3, -0.25) is 14.4 Å². The second-order valence-electron chi connectivity index (χ2n) is 6.75. The van der Waals surface area contributed by atoms with Crippen LogP contribution in [-0.2, 0) is 19.1 Å². The summed E-state index contributed by atoms with van der Waals surface area (Å²) in [6.45, 7) is 1.83. The fourth-order valence-corrected chi connectivity index (χ4v) is 2.94. The molecule has 2 atom stereocenters. The van der Waals surface area contributed by atoms with Crippen LogP contribution in [0.2, 0.25) is 0 Å². The molecule has 0 saturated carbocycles. The third-order valence-electron chi connectivity index (χ3n) is 4.58. The molecule has 0 aliphatic heterocycles. The van der Waals surface area contributed by atoms with Gasteiger partial charge in [-0.25, -0.2) is 4.79 Å². The molecular formula is C21H30N2O9. The average Bonchev–Trinajstić information content (AvgIpc) is 2.79. The summed E-state index contributed by atoms with van der Waals surface area (Å²) >= 11 is 0. The molecule has 32 heavy (non-hydrogen) atoms. The predicted octanol–water partition coefficient (Wildman–Crippen LogP) is 1.13.